The van der Waals surface area contributed by atoms with Crippen LogP contribution < -0.4 is 5.32 Å². The Balaban J connectivity index is 1.60. The summed E-state index contributed by atoms with van der Waals surface area (Å²) in [6.07, 6.45) is 2.36. The minimum absolute atomic E-state index is 0.0166. The van der Waals surface area contributed by atoms with E-state index >= 15 is 0 Å². The van der Waals surface area contributed by atoms with Gasteiger partial charge in [-0.25, -0.2) is 12.7 Å². The van der Waals surface area contributed by atoms with Gasteiger partial charge in [0.15, 0.2) is 5.82 Å². The maximum Gasteiger partial charge on any atom is 0.257 e. The number of aromatic nitrogens is 3. The van der Waals surface area contributed by atoms with E-state index in [9.17, 15) is 13.2 Å². The number of rotatable bonds is 4. The van der Waals surface area contributed by atoms with E-state index in [1.54, 1.807) is 20.8 Å². The lowest BCUT2D eigenvalue weighted by atomic mass is 9.80. The average molecular weight is 409 g/mol. The molecule has 28 heavy (non-hydrogen) atoms. The Morgan fingerprint density at radius 1 is 1.25 bits per heavy atom. The molecule has 1 aliphatic carbocycles. The fourth-order valence-corrected chi connectivity index (χ4v) is 5.50. The summed E-state index contributed by atoms with van der Waals surface area (Å²) in [5, 5.41) is 10.8. The van der Waals surface area contributed by atoms with Crippen molar-refractivity contribution in [1.82, 2.24) is 24.9 Å². The molecule has 2 aliphatic rings. The van der Waals surface area contributed by atoms with E-state index < -0.39 is 15.4 Å². The van der Waals surface area contributed by atoms with Crippen LogP contribution in [0.3, 0.4) is 0 Å². The van der Waals surface area contributed by atoms with E-state index in [0.717, 1.165) is 0 Å². The summed E-state index contributed by atoms with van der Waals surface area (Å²) < 4.78 is 36.2. The van der Waals surface area contributed by atoms with Gasteiger partial charge in [-0.15, -0.1) is 0 Å². The first-order valence-electron chi connectivity index (χ1n) is 9.10. The predicted molar refractivity (Wildman–Crippen MR) is 97.1 cm³/mol. The van der Waals surface area contributed by atoms with E-state index in [2.05, 4.69) is 20.6 Å². The number of hydrogen-bond acceptors (Lipinski definition) is 8. The van der Waals surface area contributed by atoms with Crippen LogP contribution in [0.1, 0.15) is 46.4 Å². The fourth-order valence-electron chi connectivity index (χ4n) is 4.58. The Bertz CT molecular complexity index is 1010. The quantitative estimate of drug-likeness (QED) is 0.781. The van der Waals surface area contributed by atoms with Crippen LogP contribution >= 0.6 is 0 Å². The second-order valence-corrected chi connectivity index (χ2v) is 9.85. The molecule has 0 aromatic carbocycles. The molecule has 1 aliphatic heterocycles. The molecule has 2 fully saturated rings. The number of fused-ring (bicyclic) bond motifs is 1. The molecular formula is C17H23N5O5S. The number of amides is 1. The molecular weight excluding hydrogens is 386 g/mol. The van der Waals surface area contributed by atoms with Crippen LogP contribution in [0.2, 0.25) is 0 Å². The number of aryl methyl sites for hydroxylation is 3. The Morgan fingerprint density at radius 3 is 2.57 bits per heavy atom. The third kappa shape index (κ3) is 3.02. The van der Waals surface area contributed by atoms with Gasteiger partial charge in [-0.2, -0.15) is 4.98 Å². The number of nitrogens with zero attached hydrogens (tertiary/aromatic N) is 4. The highest BCUT2D eigenvalue weighted by molar-refractivity contribution is 7.88. The number of sulfonamides is 1. The summed E-state index contributed by atoms with van der Waals surface area (Å²) in [6.45, 7) is 5.80. The van der Waals surface area contributed by atoms with Gasteiger partial charge < -0.3 is 14.4 Å². The van der Waals surface area contributed by atoms with Crippen LogP contribution in [0.4, 0.5) is 0 Å². The first-order valence-corrected chi connectivity index (χ1v) is 10.9. The summed E-state index contributed by atoms with van der Waals surface area (Å²) >= 11 is 0. The molecule has 10 nitrogen and oxygen atoms in total. The number of carbonyl (C=O) groups is 1. The highest BCUT2D eigenvalue weighted by atomic mass is 32.2. The van der Waals surface area contributed by atoms with Gasteiger partial charge >= 0.3 is 0 Å². The monoisotopic (exact) mass is 409 g/mol. The van der Waals surface area contributed by atoms with Crippen molar-refractivity contribution in [2.45, 2.75) is 45.1 Å². The Labute approximate surface area is 162 Å². The molecule has 4 rings (SSSR count). The van der Waals surface area contributed by atoms with Crippen molar-refractivity contribution in [3.63, 3.8) is 0 Å². The van der Waals surface area contributed by atoms with Crippen molar-refractivity contribution in [2.75, 3.05) is 19.3 Å². The molecule has 3 unspecified atom stereocenters. The van der Waals surface area contributed by atoms with E-state index in [0.29, 0.717) is 48.1 Å². The van der Waals surface area contributed by atoms with Crippen molar-refractivity contribution in [3.8, 4) is 0 Å². The number of carbonyl (C=O) groups excluding carboxylic acids is 1. The fraction of sp³-hybridized carbons (Fsp3) is 0.647. The van der Waals surface area contributed by atoms with Crippen molar-refractivity contribution in [3.05, 3.63) is 28.7 Å². The standard InChI is InChI=1S/C17H23N5O5S/c1-9-14(10(2)26-20-9)15(23)19-13-5-12-7-22(28(4,24)25)8-17(12,6-13)16-18-11(3)21-27-16/h12-13H,5-8H2,1-4H3,(H,19,23). The summed E-state index contributed by atoms with van der Waals surface area (Å²) in [7, 11) is -3.34. The zero-order valence-electron chi connectivity index (χ0n) is 16.2. The van der Waals surface area contributed by atoms with Crippen molar-refractivity contribution >= 4 is 15.9 Å². The van der Waals surface area contributed by atoms with Gasteiger partial charge in [0, 0.05) is 19.1 Å². The summed E-state index contributed by atoms with van der Waals surface area (Å²) in [6, 6.07) is -0.139. The van der Waals surface area contributed by atoms with Crippen LogP contribution in [0.25, 0.3) is 0 Å². The van der Waals surface area contributed by atoms with Crippen molar-refractivity contribution < 1.29 is 22.3 Å². The normalized spacial score (nSPS) is 27.9. The maximum absolute atomic E-state index is 12.7. The molecule has 11 heteroatoms. The number of hydrogen-bond donors (Lipinski definition) is 1. The third-order valence-corrected chi connectivity index (χ3v) is 7.08. The molecule has 3 heterocycles. The van der Waals surface area contributed by atoms with Crippen molar-refractivity contribution in [1.29, 1.82) is 0 Å². The zero-order chi connectivity index (χ0) is 20.3. The second-order valence-electron chi connectivity index (χ2n) is 7.86. The molecule has 3 atom stereocenters. The van der Waals surface area contributed by atoms with Crippen LogP contribution in [-0.2, 0) is 15.4 Å². The van der Waals surface area contributed by atoms with E-state index in [-0.39, 0.29) is 24.4 Å². The summed E-state index contributed by atoms with van der Waals surface area (Å²) in [5.74, 6) is 1.16. The minimum Gasteiger partial charge on any atom is -0.361 e. The van der Waals surface area contributed by atoms with Gasteiger partial charge in [0.2, 0.25) is 15.9 Å². The largest absolute Gasteiger partial charge is 0.361 e. The molecule has 1 N–H and O–H groups in total. The molecule has 1 saturated carbocycles. The van der Waals surface area contributed by atoms with Crippen molar-refractivity contribution in [2.24, 2.45) is 5.92 Å². The molecule has 1 amide bonds. The van der Waals surface area contributed by atoms with Gasteiger partial charge in [-0.3, -0.25) is 4.79 Å². The summed E-state index contributed by atoms with van der Waals surface area (Å²) in [4.78, 5) is 17.1. The highest BCUT2D eigenvalue weighted by Gasteiger charge is 2.59. The van der Waals surface area contributed by atoms with Crippen LogP contribution in [0.15, 0.2) is 9.05 Å². The van der Waals surface area contributed by atoms with Crippen LogP contribution in [0, 0.1) is 26.7 Å². The van der Waals surface area contributed by atoms with Gasteiger partial charge in [0.1, 0.15) is 11.3 Å². The first-order chi connectivity index (χ1) is 13.1. The minimum atomic E-state index is -3.34. The molecule has 1 saturated heterocycles. The lowest BCUT2D eigenvalue weighted by Gasteiger charge is -2.24. The van der Waals surface area contributed by atoms with Gasteiger partial charge in [-0.05, 0) is 39.5 Å². The van der Waals surface area contributed by atoms with Gasteiger partial charge in [-0.1, -0.05) is 10.3 Å². The number of nitrogens with one attached hydrogen (secondary N) is 1. The average Bonchev–Trinajstić information content (AvgIpc) is 3.30. The SMILES string of the molecule is Cc1noc(C23CC(NC(=O)c4c(C)noc4C)CC2CN(S(C)(=O)=O)C3)n1. The highest BCUT2D eigenvalue weighted by Crippen LogP contribution is 2.50. The molecule has 0 bridgehead atoms. The Hall–Kier alpha value is -2.27. The van der Waals surface area contributed by atoms with E-state index in [4.69, 9.17) is 9.05 Å². The van der Waals surface area contributed by atoms with Gasteiger partial charge in [0.05, 0.1) is 17.4 Å². The Kier molecular flexibility index (Phi) is 4.34. The first kappa shape index (κ1) is 19.1. The third-order valence-electron chi connectivity index (χ3n) is 5.86. The van der Waals surface area contributed by atoms with Crippen LogP contribution in [0.5, 0.6) is 0 Å². The van der Waals surface area contributed by atoms with E-state index in [1.807, 2.05) is 0 Å². The Morgan fingerprint density at radius 2 is 2.00 bits per heavy atom. The smallest absolute Gasteiger partial charge is 0.257 e. The molecule has 0 radical (unpaired) electrons. The molecule has 2 aromatic rings. The molecule has 0 spiro atoms. The lowest BCUT2D eigenvalue weighted by Crippen LogP contribution is -2.39. The molecule has 152 valence electrons. The van der Waals surface area contributed by atoms with Gasteiger partial charge in [0.25, 0.3) is 5.91 Å². The van der Waals surface area contributed by atoms with E-state index in [1.165, 1.54) is 10.6 Å². The summed E-state index contributed by atoms with van der Waals surface area (Å²) in [5.41, 5.74) is 0.386. The zero-order valence-corrected chi connectivity index (χ0v) is 17.0. The lowest BCUT2D eigenvalue weighted by molar-refractivity contribution is 0.0932. The molecule has 2 aromatic heterocycles. The second kappa shape index (κ2) is 6.38. The topological polar surface area (TPSA) is 131 Å². The van der Waals surface area contributed by atoms with Crippen LogP contribution in [-0.4, -0.2) is 59.3 Å². The predicted octanol–water partition coefficient (Wildman–Crippen LogP) is 0.704. The maximum atomic E-state index is 12.7.